The first-order chi connectivity index (χ1) is 12.7. The fraction of sp³-hybridized carbons (Fsp3) is 0.682. The SMILES string of the molecule is CCCCCCCOc1cc(OCCCCCCC)cc(C(=O)OC)c1. The monoisotopic (exact) mass is 364 g/mol. The predicted octanol–water partition coefficient (Wildman–Crippen LogP) is 6.17. The second-order valence-corrected chi connectivity index (χ2v) is 6.71. The standard InChI is InChI=1S/C22H36O4/c1-4-6-8-10-12-14-25-20-16-19(22(23)24-3)17-21(18-20)26-15-13-11-9-7-5-2/h16-18H,4-15H2,1-3H3. The van der Waals surface area contributed by atoms with Crippen molar-refractivity contribution in [3.63, 3.8) is 0 Å². The highest BCUT2D eigenvalue weighted by Gasteiger charge is 2.10. The van der Waals surface area contributed by atoms with Gasteiger partial charge in [0.15, 0.2) is 0 Å². The summed E-state index contributed by atoms with van der Waals surface area (Å²) >= 11 is 0. The van der Waals surface area contributed by atoms with E-state index in [9.17, 15) is 4.79 Å². The number of carbonyl (C=O) groups excluding carboxylic acids is 1. The molecule has 0 radical (unpaired) electrons. The Balaban J connectivity index is 2.52. The van der Waals surface area contributed by atoms with Gasteiger partial charge in [0.05, 0.1) is 25.9 Å². The minimum Gasteiger partial charge on any atom is -0.493 e. The van der Waals surface area contributed by atoms with E-state index in [-0.39, 0.29) is 5.97 Å². The molecule has 1 aromatic carbocycles. The number of benzene rings is 1. The smallest absolute Gasteiger partial charge is 0.338 e. The molecule has 1 aromatic rings. The molecule has 1 rings (SSSR count). The number of esters is 1. The molecule has 0 saturated heterocycles. The summed E-state index contributed by atoms with van der Waals surface area (Å²) in [5.41, 5.74) is 0.469. The average molecular weight is 365 g/mol. The van der Waals surface area contributed by atoms with Gasteiger partial charge in [-0.3, -0.25) is 0 Å². The van der Waals surface area contributed by atoms with E-state index in [4.69, 9.17) is 14.2 Å². The summed E-state index contributed by atoms with van der Waals surface area (Å²) in [7, 11) is 1.39. The van der Waals surface area contributed by atoms with E-state index >= 15 is 0 Å². The molecular formula is C22H36O4. The Hall–Kier alpha value is -1.71. The van der Waals surface area contributed by atoms with Crippen LogP contribution in [0, 0.1) is 0 Å². The highest BCUT2D eigenvalue weighted by atomic mass is 16.5. The first-order valence-corrected chi connectivity index (χ1v) is 10.2. The van der Waals surface area contributed by atoms with Gasteiger partial charge in [-0.25, -0.2) is 4.79 Å². The van der Waals surface area contributed by atoms with Crippen LogP contribution in [0.4, 0.5) is 0 Å². The van der Waals surface area contributed by atoms with Gasteiger partial charge < -0.3 is 14.2 Å². The molecule has 0 aliphatic carbocycles. The maximum Gasteiger partial charge on any atom is 0.338 e. The second-order valence-electron chi connectivity index (χ2n) is 6.71. The maximum atomic E-state index is 11.9. The van der Waals surface area contributed by atoms with E-state index in [1.807, 2.05) is 6.07 Å². The third-order valence-corrected chi connectivity index (χ3v) is 4.33. The lowest BCUT2D eigenvalue weighted by molar-refractivity contribution is 0.0599. The molecule has 148 valence electrons. The summed E-state index contributed by atoms with van der Waals surface area (Å²) in [6.45, 7) is 5.73. The summed E-state index contributed by atoms with van der Waals surface area (Å²) in [5, 5.41) is 0. The molecule has 0 unspecified atom stereocenters. The summed E-state index contributed by atoms with van der Waals surface area (Å²) in [4.78, 5) is 11.9. The molecule has 26 heavy (non-hydrogen) atoms. The molecule has 0 amide bonds. The number of unbranched alkanes of at least 4 members (excludes halogenated alkanes) is 8. The zero-order valence-electron chi connectivity index (χ0n) is 16.9. The average Bonchev–Trinajstić information content (AvgIpc) is 2.66. The number of carbonyl (C=O) groups is 1. The summed E-state index contributed by atoms with van der Waals surface area (Å²) < 4.78 is 16.5. The summed E-state index contributed by atoms with van der Waals surface area (Å²) in [6, 6.07) is 5.32. The Kier molecular flexibility index (Phi) is 12.4. The van der Waals surface area contributed by atoms with Gasteiger partial charge in [0.2, 0.25) is 0 Å². The number of rotatable bonds is 15. The van der Waals surface area contributed by atoms with Crippen LogP contribution in [0.15, 0.2) is 18.2 Å². The van der Waals surface area contributed by atoms with E-state index in [1.54, 1.807) is 12.1 Å². The van der Waals surface area contributed by atoms with Gasteiger partial charge in [-0.1, -0.05) is 65.2 Å². The second kappa shape index (κ2) is 14.5. The first-order valence-electron chi connectivity index (χ1n) is 10.2. The fourth-order valence-electron chi connectivity index (χ4n) is 2.77. The van der Waals surface area contributed by atoms with Crippen molar-refractivity contribution in [2.45, 2.75) is 78.1 Å². The van der Waals surface area contributed by atoms with Crippen LogP contribution >= 0.6 is 0 Å². The molecule has 0 aliphatic heterocycles. The van der Waals surface area contributed by atoms with Crippen LogP contribution in [-0.2, 0) is 4.74 Å². The minimum absolute atomic E-state index is 0.369. The normalized spacial score (nSPS) is 10.6. The van der Waals surface area contributed by atoms with Crippen molar-refractivity contribution >= 4 is 5.97 Å². The van der Waals surface area contributed by atoms with Gasteiger partial charge in [-0.05, 0) is 25.0 Å². The molecule has 4 heteroatoms. The van der Waals surface area contributed by atoms with Gasteiger partial charge in [-0.2, -0.15) is 0 Å². The lowest BCUT2D eigenvalue weighted by atomic mass is 10.1. The Bertz CT molecular complexity index is 465. The van der Waals surface area contributed by atoms with Crippen molar-refractivity contribution < 1.29 is 19.0 Å². The van der Waals surface area contributed by atoms with Gasteiger partial charge in [0, 0.05) is 6.07 Å². The van der Waals surface area contributed by atoms with Crippen molar-refractivity contribution in [2.75, 3.05) is 20.3 Å². The lowest BCUT2D eigenvalue weighted by Crippen LogP contribution is -2.05. The molecule has 0 saturated carbocycles. The number of ether oxygens (including phenoxy) is 3. The molecule has 0 heterocycles. The van der Waals surface area contributed by atoms with Crippen molar-refractivity contribution in [2.24, 2.45) is 0 Å². The number of methoxy groups -OCH3 is 1. The molecule has 0 atom stereocenters. The third kappa shape index (κ3) is 9.69. The van der Waals surface area contributed by atoms with Crippen LogP contribution in [0.25, 0.3) is 0 Å². The summed E-state index contributed by atoms with van der Waals surface area (Å²) in [5.74, 6) is 0.972. The van der Waals surface area contributed by atoms with Gasteiger partial charge in [-0.15, -0.1) is 0 Å². The number of hydrogen-bond acceptors (Lipinski definition) is 4. The van der Waals surface area contributed by atoms with Crippen LogP contribution < -0.4 is 9.47 Å². The molecular weight excluding hydrogens is 328 g/mol. The van der Waals surface area contributed by atoms with E-state index in [0.717, 1.165) is 12.8 Å². The van der Waals surface area contributed by atoms with E-state index in [0.29, 0.717) is 30.3 Å². The molecule has 0 aliphatic rings. The van der Waals surface area contributed by atoms with Crippen molar-refractivity contribution in [3.05, 3.63) is 23.8 Å². The topological polar surface area (TPSA) is 44.8 Å². The largest absolute Gasteiger partial charge is 0.493 e. The van der Waals surface area contributed by atoms with Crippen LogP contribution in [0.1, 0.15) is 88.4 Å². The Morgan fingerprint density at radius 3 is 1.62 bits per heavy atom. The van der Waals surface area contributed by atoms with Crippen LogP contribution in [0.5, 0.6) is 11.5 Å². The van der Waals surface area contributed by atoms with Gasteiger partial charge in [0.25, 0.3) is 0 Å². The molecule has 0 bridgehead atoms. The third-order valence-electron chi connectivity index (χ3n) is 4.33. The Labute approximate surface area is 159 Å². The zero-order valence-corrected chi connectivity index (χ0v) is 16.9. The number of hydrogen-bond donors (Lipinski definition) is 0. The quantitative estimate of drug-likeness (QED) is 0.276. The van der Waals surface area contributed by atoms with Crippen molar-refractivity contribution in [3.8, 4) is 11.5 Å². The van der Waals surface area contributed by atoms with Crippen molar-refractivity contribution in [1.82, 2.24) is 0 Å². The van der Waals surface area contributed by atoms with Crippen LogP contribution in [0.2, 0.25) is 0 Å². The van der Waals surface area contributed by atoms with E-state index < -0.39 is 0 Å². The van der Waals surface area contributed by atoms with Crippen LogP contribution in [-0.4, -0.2) is 26.3 Å². The van der Waals surface area contributed by atoms with Gasteiger partial charge in [0.1, 0.15) is 11.5 Å². The summed E-state index contributed by atoms with van der Waals surface area (Å²) in [6.07, 6.45) is 11.9. The van der Waals surface area contributed by atoms with Gasteiger partial charge >= 0.3 is 5.97 Å². The molecule has 0 fully saturated rings. The molecule has 0 aromatic heterocycles. The Morgan fingerprint density at radius 1 is 0.731 bits per heavy atom. The van der Waals surface area contributed by atoms with E-state index in [2.05, 4.69) is 13.8 Å². The van der Waals surface area contributed by atoms with E-state index in [1.165, 1.54) is 58.5 Å². The highest BCUT2D eigenvalue weighted by molar-refractivity contribution is 5.90. The predicted molar refractivity (Wildman–Crippen MR) is 106 cm³/mol. The lowest BCUT2D eigenvalue weighted by Gasteiger charge is -2.12. The van der Waals surface area contributed by atoms with Crippen LogP contribution in [0.3, 0.4) is 0 Å². The first kappa shape index (κ1) is 22.3. The highest BCUT2D eigenvalue weighted by Crippen LogP contribution is 2.24. The molecule has 4 nitrogen and oxygen atoms in total. The Morgan fingerprint density at radius 2 is 1.19 bits per heavy atom. The molecule has 0 N–H and O–H groups in total. The molecule has 0 spiro atoms. The fourth-order valence-corrected chi connectivity index (χ4v) is 2.77. The van der Waals surface area contributed by atoms with Crippen molar-refractivity contribution in [1.29, 1.82) is 0 Å². The maximum absolute atomic E-state index is 11.9. The zero-order chi connectivity index (χ0) is 19.0. The minimum atomic E-state index is -0.369.